The highest BCUT2D eigenvalue weighted by Gasteiger charge is 2.50. The van der Waals surface area contributed by atoms with Gasteiger partial charge in [0.1, 0.15) is 6.79 Å². The summed E-state index contributed by atoms with van der Waals surface area (Å²) < 4.78 is 38.4. The monoisotopic (exact) mass is 533 g/mol. The number of hydrogen-bond donors (Lipinski definition) is 0. The molecule has 0 saturated heterocycles. The molecule has 7 heteroatoms. The molecule has 1 heterocycles. The van der Waals surface area contributed by atoms with Crippen LogP contribution in [-0.2, 0) is 19.3 Å². The molecule has 4 atom stereocenters. The van der Waals surface area contributed by atoms with Gasteiger partial charge in [0.15, 0.2) is 0 Å². The molecule has 0 radical (unpaired) electrons. The lowest BCUT2D eigenvalue weighted by Gasteiger charge is -2.44. The zero-order valence-electron chi connectivity index (χ0n) is 22.6. The second-order valence-corrected chi connectivity index (χ2v) is 15.0. The summed E-state index contributed by atoms with van der Waals surface area (Å²) in [5.41, 5.74) is 2.25. The SMILES string of the molecule is COCOC(C)(C)CCC[C@@H](C)[C@H]1CC[C@H]2/C(=C\CS(=O)(=O)c3nc4ccccc4s3)CCC[C@]12C. The molecule has 2 aliphatic carbocycles. The summed E-state index contributed by atoms with van der Waals surface area (Å²) in [5, 5.41) is 0. The molecule has 2 saturated carbocycles. The van der Waals surface area contributed by atoms with Gasteiger partial charge in [0.2, 0.25) is 14.2 Å². The van der Waals surface area contributed by atoms with Gasteiger partial charge in [-0.2, -0.15) is 0 Å². The fraction of sp³-hybridized carbons (Fsp3) is 0.690. The minimum absolute atomic E-state index is 0.0610. The minimum atomic E-state index is -3.42. The number of para-hydroxylation sites is 1. The normalized spacial score (nSPS) is 27.0. The maximum atomic E-state index is 13.1. The van der Waals surface area contributed by atoms with Gasteiger partial charge in [-0.05, 0) is 87.7 Å². The van der Waals surface area contributed by atoms with Crippen LogP contribution in [0, 0.1) is 23.2 Å². The molecule has 0 N–H and O–H groups in total. The molecule has 0 amide bonds. The van der Waals surface area contributed by atoms with E-state index in [4.69, 9.17) is 9.47 Å². The number of nitrogens with zero attached hydrogens (tertiary/aromatic N) is 1. The maximum Gasteiger partial charge on any atom is 0.210 e. The number of thiazole rings is 1. The Labute approximate surface area is 221 Å². The third kappa shape index (κ3) is 6.06. The Morgan fingerprint density at radius 2 is 2.06 bits per heavy atom. The van der Waals surface area contributed by atoms with Gasteiger partial charge < -0.3 is 9.47 Å². The molecule has 2 fully saturated rings. The van der Waals surface area contributed by atoms with E-state index in [1.807, 2.05) is 30.3 Å². The number of ether oxygens (including phenoxy) is 2. The molecule has 2 aliphatic rings. The van der Waals surface area contributed by atoms with Crippen LogP contribution in [0.2, 0.25) is 0 Å². The summed E-state index contributed by atoms with van der Waals surface area (Å²) in [6.07, 6.45) is 11.3. The fourth-order valence-electron chi connectivity index (χ4n) is 6.87. The van der Waals surface area contributed by atoms with Crippen molar-refractivity contribution in [3.8, 4) is 0 Å². The smallest absolute Gasteiger partial charge is 0.210 e. The second-order valence-electron chi connectivity index (χ2n) is 11.8. The number of methoxy groups -OCH3 is 1. The van der Waals surface area contributed by atoms with Crippen LogP contribution in [0.15, 0.2) is 40.3 Å². The number of sulfone groups is 1. The van der Waals surface area contributed by atoms with Gasteiger partial charge >= 0.3 is 0 Å². The van der Waals surface area contributed by atoms with Gasteiger partial charge in [-0.25, -0.2) is 13.4 Å². The molecule has 0 spiro atoms. The van der Waals surface area contributed by atoms with E-state index in [-0.39, 0.29) is 21.1 Å². The van der Waals surface area contributed by atoms with E-state index in [9.17, 15) is 8.42 Å². The van der Waals surface area contributed by atoms with Crippen molar-refractivity contribution in [1.82, 2.24) is 4.98 Å². The van der Waals surface area contributed by atoms with Crippen LogP contribution in [0.1, 0.15) is 79.1 Å². The fourth-order valence-corrected chi connectivity index (χ4v) is 9.36. The van der Waals surface area contributed by atoms with Crippen molar-refractivity contribution in [2.75, 3.05) is 19.7 Å². The molecular weight excluding hydrogens is 490 g/mol. The van der Waals surface area contributed by atoms with Gasteiger partial charge in [0.25, 0.3) is 0 Å². The summed E-state index contributed by atoms with van der Waals surface area (Å²) in [6.45, 7) is 9.53. The Morgan fingerprint density at radius 3 is 2.81 bits per heavy atom. The maximum absolute atomic E-state index is 13.1. The Balaban J connectivity index is 1.40. The van der Waals surface area contributed by atoms with Crippen molar-refractivity contribution in [2.45, 2.75) is 89.0 Å². The van der Waals surface area contributed by atoms with Crippen LogP contribution >= 0.6 is 11.3 Å². The number of hydrogen-bond acceptors (Lipinski definition) is 6. The summed E-state index contributed by atoms with van der Waals surface area (Å²) in [5.74, 6) is 1.91. The Morgan fingerprint density at radius 1 is 1.28 bits per heavy atom. The van der Waals surface area contributed by atoms with E-state index >= 15 is 0 Å². The van der Waals surface area contributed by atoms with E-state index in [2.05, 4.69) is 32.7 Å². The van der Waals surface area contributed by atoms with Crippen LogP contribution in [0.3, 0.4) is 0 Å². The van der Waals surface area contributed by atoms with Crippen molar-refractivity contribution in [3.05, 3.63) is 35.9 Å². The lowest BCUT2D eigenvalue weighted by atomic mass is 9.61. The van der Waals surface area contributed by atoms with Gasteiger partial charge in [0, 0.05) is 7.11 Å². The van der Waals surface area contributed by atoms with Crippen LogP contribution < -0.4 is 0 Å². The first-order valence-corrected chi connectivity index (χ1v) is 15.9. The lowest BCUT2D eigenvalue weighted by molar-refractivity contribution is -0.118. The quantitative estimate of drug-likeness (QED) is 0.222. The van der Waals surface area contributed by atoms with Crippen molar-refractivity contribution < 1.29 is 17.9 Å². The van der Waals surface area contributed by atoms with Gasteiger partial charge in [-0.3, -0.25) is 0 Å². The largest absolute Gasteiger partial charge is 0.359 e. The van der Waals surface area contributed by atoms with E-state index in [1.165, 1.54) is 42.6 Å². The molecule has 1 aromatic heterocycles. The minimum Gasteiger partial charge on any atom is -0.359 e. The summed E-state index contributed by atoms with van der Waals surface area (Å²) in [7, 11) is -1.76. The average Bonchev–Trinajstić information content (AvgIpc) is 3.43. The molecule has 36 heavy (non-hydrogen) atoms. The van der Waals surface area contributed by atoms with Crippen LogP contribution in [0.4, 0.5) is 0 Å². The number of allylic oxidation sites excluding steroid dienone is 1. The first kappa shape index (κ1) is 27.7. The first-order chi connectivity index (χ1) is 17.1. The van der Waals surface area contributed by atoms with E-state index in [0.717, 1.165) is 35.9 Å². The molecule has 2 aromatic rings. The highest BCUT2D eigenvalue weighted by molar-refractivity contribution is 7.93. The van der Waals surface area contributed by atoms with Crippen molar-refractivity contribution >= 4 is 31.4 Å². The Hall–Kier alpha value is -1.28. The third-order valence-electron chi connectivity index (χ3n) is 8.84. The number of benzene rings is 1. The predicted octanol–water partition coefficient (Wildman–Crippen LogP) is 7.42. The Bertz CT molecular complexity index is 1140. The average molecular weight is 534 g/mol. The van der Waals surface area contributed by atoms with Crippen LogP contribution in [0.25, 0.3) is 10.2 Å². The zero-order valence-corrected chi connectivity index (χ0v) is 24.2. The predicted molar refractivity (Wildman–Crippen MR) is 148 cm³/mol. The first-order valence-electron chi connectivity index (χ1n) is 13.5. The standard InChI is InChI=1S/C29H43NO4S2/c1-21(10-8-17-28(2,3)34-20-33-5)23-14-15-24-22(11-9-18-29(23,24)4)16-19-36(31,32)27-30-25-12-6-7-13-26(25)35-27/h6-7,12-13,16,21,23-24H,8-11,14-15,17-20H2,1-5H3/b22-16-/t21-,23-,24+,29-/m1/s1. The van der Waals surface area contributed by atoms with Crippen LogP contribution in [0.5, 0.6) is 0 Å². The van der Waals surface area contributed by atoms with Crippen molar-refractivity contribution in [2.24, 2.45) is 23.2 Å². The molecular formula is C29H43NO4S2. The van der Waals surface area contributed by atoms with Gasteiger partial charge in [0.05, 0.1) is 21.6 Å². The number of rotatable bonds is 11. The number of aromatic nitrogens is 1. The van der Waals surface area contributed by atoms with E-state index < -0.39 is 9.84 Å². The topological polar surface area (TPSA) is 65.5 Å². The molecule has 200 valence electrons. The molecule has 0 bridgehead atoms. The summed E-state index contributed by atoms with van der Waals surface area (Å²) in [4.78, 5) is 4.41. The van der Waals surface area contributed by atoms with Gasteiger partial charge in [-0.15, -0.1) is 11.3 Å². The van der Waals surface area contributed by atoms with Crippen LogP contribution in [-0.4, -0.2) is 38.7 Å². The molecule has 4 rings (SSSR count). The highest BCUT2D eigenvalue weighted by Crippen LogP contribution is 2.60. The van der Waals surface area contributed by atoms with Gasteiger partial charge in [-0.1, -0.05) is 50.5 Å². The molecule has 0 aliphatic heterocycles. The Kier molecular flexibility index (Phi) is 8.65. The zero-order chi connectivity index (χ0) is 26.0. The summed E-state index contributed by atoms with van der Waals surface area (Å²) in [6, 6.07) is 7.64. The number of fused-ring (bicyclic) bond motifs is 2. The third-order valence-corrected chi connectivity index (χ3v) is 11.9. The van der Waals surface area contributed by atoms with E-state index in [1.54, 1.807) is 7.11 Å². The lowest BCUT2D eigenvalue weighted by Crippen LogP contribution is -2.36. The highest BCUT2D eigenvalue weighted by atomic mass is 32.2. The second kappa shape index (κ2) is 11.2. The van der Waals surface area contributed by atoms with Crippen molar-refractivity contribution in [3.63, 3.8) is 0 Å². The van der Waals surface area contributed by atoms with Crippen molar-refractivity contribution in [1.29, 1.82) is 0 Å². The van der Waals surface area contributed by atoms with E-state index in [0.29, 0.717) is 24.5 Å². The molecule has 5 nitrogen and oxygen atoms in total. The molecule has 0 unspecified atom stereocenters. The summed E-state index contributed by atoms with van der Waals surface area (Å²) >= 11 is 1.28. The molecule has 1 aromatic carbocycles.